The first kappa shape index (κ1) is 23.0. The third-order valence-electron chi connectivity index (χ3n) is 5.63. The van der Waals surface area contributed by atoms with Gasteiger partial charge in [0.05, 0.1) is 12.3 Å². The Kier molecular flexibility index (Phi) is 7.71. The van der Waals surface area contributed by atoms with Crippen LogP contribution in [0, 0.1) is 0 Å². The summed E-state index contributed by atoms with van der Waals surface area (Å²) < 4.78 is 34.6. The van der Waals surface area contributed by atoms with Gasteiger partial charge in [-0.3, -0.25) is 4.31 Å². The second-order valence-electron chi connectivity index (χ2n) is 7.49. The highest BCUT2D eigenvalue weighted by molar-refractivity contribution is 7.98. The number of fused-ring (bicyclic) bond motifs is 1. The summed E-state index contributed by atoms with van der Waals surface area (Å²) in [5, 5.41) is 11.1. The van der Waals surface area contributed by atoms with Gasteiger partial charge >= 0.3 is 0 Å². The van der Waals surface area contributed by atoms with Crippen LogP contribution < -0.4 is 9.04 Å². The molecule has 0 fully saturated rings. The van der Waals surface area contributed by atoms with Crippen LogP contribution in [0.4, 0.5) is 5.69 Å². The van der Waals surface area contributed by atoms with Crippen LogP contribution in [-0.4, -0.2) is 38.2 Å². The number of ether oxygens (including phenoxy) is 1. The number of aliphatic hydroxyl groups excluding tert-OH is 1. The van der Waals surface area contributed by atoms with Crippen molar-refractivity contribution in [3.05, 3.63) is 59.2 Å². The maximum atomic E-state index is 13.7. The first-order chi connectivity index (χ1) is 14.4. The van der Waals surface area contributed by atoms with Crippen molar-refractivity contribution >= 4 is 27.5 Å². The van der Waals surface area contributed by atoms with Gasteiger partial charge in [-0.15, -0.1) is 0 Å². The van der Waals surface area contributed by atoms with Crippen LogP contribution in [0.15, 0.2) is 42.5 Å². The fourth-order valence-corrected chi connectivity index (χ4v) is 6.05. The zero-order valence-electron chi connectivity index (χ0n) is 17.9. The van der Waals surface area contributed by atoms with Crippen molar-refractivity contribution < 1.29 is 18.3 Å². The van der Waals surface area contributed by atoms with Gasteiger partial charge in [-0.2, -0.15) is 11.8 Å². The quantitative estimate of drug-likeness (QED) is 0.569. The fraction of sp³-hybridized carbons (Fsp3) is 0.478. The first-order valence-corrected chi connectivity index (χ1v) is 13.4. The molecular formula is C23H31NO4S2. The highest BCUT2D eigenvalue weighted by atomic mass is 32.2. The summed E-state index contributed by atoms with van der Waals surface area (Å²) in [6, 6.07) is 12.6. The molecule has 1 N–H and O–H groups in total. The van der Waals surface area contributed by atoms with Crippen LogP contribution in [0.2, 0.25) is 0 Å². The van der Waals surface area contributed by atoms with Gasteiger partial charge in [0.25, 0.3) is 10.0 Å². The van der Waals surface area contributed by atoms with E-state index in [4.69, 9.17) is 4.74 Å². The third-order valence-corrected chi connectivity index (χ3v) is 8.06. The molecule has 0 amide bonds. The Hall–Kier alpha value is -1.70. The van der Waals surface area contributed by atoms with E-state index in [1.807, 2.05) is 25.3 Å². The van der Waals surface area contributed by atoms with Crippen LogP contribution in [0.5, 0.6) is 5.75 Å². The molecule has 1 aliphatic rings. The van der Waals surface area contributed by atoms with Gasteiger partial charge in [0.15, 0.2) is 0 Å². The highest BCUT2D eigenvalue weighted by Crippen LogP contribution is 2.40. The van der Waals surface area contributed by atoms with Crippen molar-refractivity contribution in [2.45, 2.75) is 51.0 Å². The maximum absolute atomic E-state index is 13.7. The molecule has 0 saturated heterocycles. The van der Waals surface area contributed by atoms with Crippen LogP contribution >= 0.6 is 11.8 Å². The van der Waals surface area contributed by atoms with E-state index in [-0.39, 0.29) is 11.6 Å². The molecule has 1 aliphatic heterocycles. The Balaban J connectivity index is 2.00. The number of rotatable bonds is 9. The summed E-state index contributed by atoms with van der Waals surface area (Å²) in [6.07, 6.45) is 5.16. The Morgan fingerprint density at radius 1 is 1.23 bits per heavy atom. The Labute approximate surface area is 184 Å². The number of hydrogen-bond acceptors (Lipinski definition) is 5. The lowest BCUT2D eigenvalue weighted by atomic mass is 9.94. The lowest BCUT2D eigenvalue weighted by Crippen LogP contribution is -2.45. The summed E-state index contributed by atoms with van der Waals surface area (Å²) in [4.78, 5) is 0. The third kappa shape index (κ3) is 4.63. The number of nitrogens with zero attached hydrogens (tertiary/aromatic N) is 1. The van der Waals surface area contributed by atoms with E-state index >= 15 is 0 Å². The SMILES string of the molecule is CCc1ccc2c(c1)CCC(CC)N2S(=O)(=O)C(O)c1ccccc1OCCSC. The minimum Gasteiger partial charge on any atom is -0.492 e. The van der Waals surface area contributed by atoms with Gasteiger partial charge in [-0.25, -0.2) is 8.42 Å². The summed E-state index contributed by atoms with van der Waals surface area (Å²) in [6.45, 7) is 4.53. The largest absolute Gasteiger partial charge is 0.492 e. The molecule has 0 bridgehead atoms. The van der Waals surface area contributed by atoms with E-state index in [2.05, 4.69) is 13.0 Å². The van der Waals surface area contributed by atoms with E-state index in [1.54, 1.807) is 36.0 Å². The zero-order valence-corrected chi connectivity index (χ0v) is 19.5. The van der Waals surface area contributed by atoms with E-state index in [1.165, 1.54) is 9.87 Å². The van der Waals surface area contributed by atoms with E-state index in [0.29, 0.717) is 24.5 Å². The molecule has 0 spiro atoms. The fourth-order valence-electron chi connectivity index (χ4n) is 3.94. The smallest absolute Gasteiger partial charge is 0.266 e. The molecule has 0 aromatic heterocycles. The summed E-state index contributed by atoms with van der Waals surface area (Å²) >= 11 is 1.65. The van der Waals surface area contributed by atoms with Crippen molar-refractivity contribution in [3.8, 4) is 5.75 Å². The van der Waals surface area contributed by atoms with Gasteiger partial charge < -0.3 is 9.84 Å². The summed E-state index contributed by atoms with van der Waals surface area (Å²) in [7, 11) is -4.06. The number of hydrogen-bond donors (Lipinski definition) is 1. The lowest BCUT2D eigenvalue weighted by molar-refractivity contribution is 0.242. The molecule has 2 aromatic carbocycles. The van der Waals surface area contributed by atoms with Crippen LogP contribution in [0.25, 0.3) is 0 Å². The number of aryl methyl sites for hydroxylation is 2. The minimum absolute atomic E-state index is 0.172. The predicted octanol–water partition coefficient (Wildman–Crippen LogP) is 4.54. The van der Waals surface area contributed by atoms with Gasteiger partial charge in [0.2, 0.25) is 5.44 Å². The number of thioether (sulfide) groups is 1. The standard InChI is InChI=1S/C23H31NO4S2/c1-4-17-10-13-21-18(16-17)11-12-19(5-2)24(21)30(26,27)23(25)20-8-6-7-9-22(20)28-14-15-29-3/h6-10,13,16,19,23,25H,4-5,11-12,14-15H2,1-3H3. The van der Waals surface area contributed by atoms with Crippen molar-refractivity contribution in [1.29, 1.82) is 0 Å². The molecule has 3 rings (SSSR count). The number of anilines is 1. The lowest BCUT2D eigenvalue weighted by Gasteiger charge is -2.39. The van der Waals surface area contributed by atoms with E-state index < -0.39 is 15.5 Å². The van der Waals surface area contributed by atoms with E-state index in [9.17, 15) is 13.5 Å². The monoisotopic (exact) mass is 449 g/mol. The van der Waals surface area contributed by atoms with Gasteiger partial charge in [-0.1, -0.05) is 44.2 Å². The van der Waals surface area contributed by atoms with Gasteiger partial charge in [0, 0.05) is 17.4 Å². The predicted molar refractivity (Wildman–Crippen MR) is 125 cm³/mol. The molecule has 0 aliphatic carbocycles. The summed E-state index contributed by atoms with van der Waals surface area (Å²) in [5.41, 5.74) is 1.50. The molecule has 2 aromatic rings. The molecule has 1 heterocycles. The molecule has 0 radical (unpaired) electrons. The normalized spacial score (nSPS) is 17.5. The molecular weight excluding hydrogens is 418 g/mol. The molecule has 5 nitrogen and oxygen atoms in total. The van der Waals surface area contributed by atoms with Crippen LogP contribution in [-0.2, 0) is 22.9 Å². The molecule has 2 atom stereocenters. The van der Waals surface area contributed by atoms with Crippen molar-refractivity contribution in [2.24, 2.45) is 0 Å². The molecule has 0 saturated carbocycles. The minimum atomic E-state index is -4.06. The second-order valence-corrected chi connectivity index (χ2v) is 10.3. The van der Waals surface area contributed by atoms with Crippen molar-refractivity contribution in [2.75, 3.05) is 22.9 Å². The number of sulfonamides is 1. The van der Waals surface area contributed by atoms with Crippen molar-refractivity contribution in [1.82, 2.24) is 0 Å². The topological polar surface area (TPSA) is 66.8 Å². The number of para-hydroxylation sites is 1. The van der Waals surface area contributed by atoms with Gasteiger partial charge in [-0.05, 0) is 55.2 Å². The molecule has 7 heteroatoms. The Bertz CT molecular complexity index is 961. The van der Waals surface area contributed by atoms with E-state index in [0.717, 1.165) is 30.6 Å². The molecule has 30 heavy (non-hydrogen) atoms. The zero-order chi connectivity index (χ0) is 21.7. The number of aliphatic hydroxyl groups is 1. The van der Waals surface area contributed by atoms with Crippen LogP contribution in [0.3, 0.4) is 0 Å². The van der Waals surface area contributed by atoms with Crippen LogP contribution in [0.1, 0.15) is 48.8 Å². The number of benzene rings is 2. The Morgan fingerprint density at radius 3 is 2.70 bits per heavy atom. The average molecular weight is 450 g/mol. The Morgan fingerprint density at radius 2 is 2.00 bits per heavy atom. The average Bonchev–Trinajstić information content (AvgIpc) is 2.77. The van der Waals surface area contributed by atoms with Gasteiger partial charge in [0.1, 0.15) is 5.75 Å². The molecule has 164 valence electrons. The first-order valence-electron chi connectivity index (χ1n) is 10.5. The highest BCUT2D eigenvalue weighted by Gasteiger charge is 2.40. The summed E-state index contributed by atoms with van der Waals surface area (Å²) in [5.74, 6) is 1.20. The maximum Gasteiger partial charge on any atom is 0.266 e. The molecule has 2 unspecified atom stereocenters. The van der Waals surface area contributed by atoms with Crippen molar-refractivity contribution in [3.63, 3.8) is 0 Å². The second kappa shape index (κ2) is 10.1.